The van der Waals surface area contributed by atoms with Crippen molar-refractivity contribution in [3.63, 3.8) is 0 Å². The Morgan fingerprint density at radius 2 is 1.88 bits per heavy atom. The molecule has 2 nitrogen and oxygen atoms in total. The SMILES string of the molecule is Cc1ccccc1[C@H](N)[C@@H](C)CN1CCCC1. The number of rotatable bonds is 4. The van der Waals surface area contributed by atoms with Gasteiger partial charge in [-0.25, -0.2) is 0 Å². The van der Waals surface area contributed by atoms with Gasteiger partial charge in [-0.05, 0) is 49.9 Å². The second kappa shape index (κ2) is 5.65. The number of hydrogen-bond acceptors (Lipinski definition) is 2. The van der Waals surface area contributed by atoms with E-state index in [-0.39, 0.29) is 6.04 Å². The molecule has 2 N–H and O–H groups in total. The van der Waals surface area contributed by atoms with E-state index in [2.05, 4.69) is 43.0 Å². The third-order valence-electron chi connectivity index (χ3n) is 3.91. The number of benzene rings is 1. The Balaban J connectivity index is 1.98. The fraction of sp³-hybridized carbons (Fsp3) is 0.600. The highest BCUT2D eigenvalue weighted by Gasteiger charge is 2.20. The van der Waals surface area contributed by atoms with Crippen LogP contribution in [0.4, 0.5) is 0 Å². The number of likely N-dealkylation sites (tertiary alicyclic amines) is 1. The van der Waals surface area contributed by atoms with Crippen LogP contribution in [-0.2, 0) is 0 Å². The molecule has 0 amide bonds. The largest absolute Gasteiger partial charge is 0.324 e. The maximum absolute atomic E-state index is 6.39. The summed E-state index contributed by atoms with van der Waals surface area (Å²) in [5.74, 6) is 0.522. The Hall–Kier alpha value is -0.860. The minimum atomic E-state index is 0.164. The third kappa shape index (κ3) is 3.08. The van der Waals surface area contributed by atoms with Gasteiger partial charge < -0.3 is 10.6 Å². The van der Waals surface area contributed by atoms with Crippen molar-refractivity contribution in [1.82, 2.24) is 4.90 Å². The molecule has 1 aliphatic rings. The van der Waals surface area contributed by atoms with Crippen molar-refractivity contribution in [1.29, 1.82) is 0 Å². The first-order valence-corrected chi connectivity index (χ1v) is 6.72. The van der Waals surface area contributed by atoms with Crippen LogP contribution in [0, 0.1) is 12.8 Å². The summed E-state index contributed by atoms with van der Waals surface area (Å²) in [7, 11) is 0. The van der Waals surface area contributed by atoms with Crippen LogP contribution in [0.25, 0.3) is 0 Å². The molecule has 2 rings (SSSR count). The van der Waals surface area contributed by atoms with Gasteiger partial charge in [0.2, 0.25) is 0 Å². The first-order valence-electron chi connectivity index (χ1n) is 6.72. The zero-order valence-corrected chi connectivity index (χ0v) is 11.0. The zero-order chi connectivity index (χ0) is 12.3. The maximum Gasteiger partial charge on any atom is 0.0335 e. The lowest BCUT2D eigenvalue weighted by Crippen LogP contribution is -2.32. The van der Waals surface area contributed by atoms with Crippen LogP contribution in [0.15, 0.2) is 24.3 Å². The smallest absolute Gasteiger partial charge is 0.0335 e. The van der Waals surface area contributed by atoms with Gasteiger partial charge in [-0.2, -0.15) is 0 Å². The first kappa shape index (κ1) is 12.6. The molecule has 0 spiro atoms. The maximum atomic E-state index is 6.39. The summed E-state index contributed by atoms with van der Waals surface area (Å²) in [6.07, 6.45) is 2.71. The average molecular weight is 232 g/mol. The van der Waals surface area contributed by atoms with Gasteiger partial charge in [0, 0.05) is 12.6 Å². The van der Waals surface area contributed by atoms with Crippen molar-refractivity contribution in [2.75, 3.05) is 19.6 Å². The lowest BCUT2D eigenvalue weighted by atomic mass is 9.92. The van der Waals surface area contributed by atoms with Crippen molar-refractivity contribution < 1.29 is 0 Å². The molecule has 1 heterocycles. The van der Waals surface area contributed by atoms with Gasteiger partial charge in [0.25, 0.3) is 0 Å². The van der Waals surface area contributed by atoms with E-state index in [0.29, 0.717) is 5.92 Å². The van der Waals surface area contributed by atoms with Crippen LogP contribution in [0.1, 0.15) is 36.9 Å². The molecular weight excluding hydrogens is 208 g/mol. The highest BCUT2D eigenvalue weighted by atomic mass is 15.1. The fourth-order valence-corrected chi connectivity index (χ4v) is 2.75. The van der Waals surface area contributed by atoms with Crippen molar-refractivity contribution in [2.24, 2.45) is 11.7 Å². The highest BCUT2D eigenvalue weighted by molar-refractivity contribution is 5.28. The van der Waals surface area contributed by atoms with Crippen LogP contribution in [-0.4, -0.2) is 24.5 Å². The zero-order valence-electron chi connectivity index (χ0n) is 11.0. The van der Waals surface area contributed by atoms with Crippen molar-refractivity contribution >= 4 is 0 Å². The topological polar surface area (TPSA) is 29.3 Å². The number of hydrogen-bond donors (Lipinski definition) is 1. The van der Waals surface area contributed by atoms with Crippen LogP contribution in [0.5, 0.6) is 0 Å². The fourth-order valence-electron chi connectivity index (χ4n) is 2.75. The van der Waals surface area contributed by atoms with Crippen LogP contribution < -0.4 is 5.73 Å². The summed E-state index contributed by atoms with van der Waals surface area (Å²) in [6.45, 7) is 8.07. The van der Waals surface area contributed by atoms with E-state index in [9.17, 15) is 0 Å². The second-order valence-corrected chi connectivity index (χ2v) is 5.37. The average Bonchev–Trinajstić information content (AvgIpc) is 2.81. The number of aryl methyl sites for hydroxylation is 1. The van der Waals surface area contributed by atoms with Crippen molar-refractivity contribution in [3.05, 3.63) is 35.4 Å². The Labute approximate surface area is 105 Å². The Bertz CT molecular complexity index is 356. The standard InChI is InChI=1S/C15H24N2/c1-12-7-3-4-8-14(12)15(16)13(2)11-17-9-5-6-10-17/h3-4,7-8,13,15H,5-6,9-11,16H2,1-2H3/t13-,15+/m0/s1. The van der Waals surface area contributed by atoms with Gasteiger partial charge in [-0.1, -0.05) is 31.2 Å². The summed E-state index contributed by atoms with van der Waals surface area (Å²) >= 11 is 0. The molecule has 2 atom stereocenters. The molecule has 94 valence electrons. The van der Waals surface area contributed by atoms with E-state index in [0.717, 1.165) is 6.54 Å². The molecule has 17 heavy (non-hydrogen) atoms. The van der Waals surface area contributed by atoms with E-state index in [1.807, 2.05) is 0 Å². The minimum absolute atomic E-state index is 0.164. The number of nitrogens with zero attached hydrogens (tertiary/aromatic N) is 1. The molecule has 1 saturated heterocycles. The molecule has 2 heteroatoms. The molecule has 1 fully saturated rings. The van der Waals surface area contributed by atoms with E-state index in [1.165, 1.54) is 37.1 Å². The van der Waals surface area contributed by atoms with Gasteiger partial charge in [0.1, 0.15) is 0 Å². The predicted molar refractivity (Wildman–Crippen MR) is 72.9 cm³/mol. The quantitative estimate of drug-likeness (QED) is 0.865. The predicted octanol–water partition coefficient (Wildman–Crippen LogP) is 2.73. The van der Waals surface area contributed by atoms with Crippen molar-refractivity contribution in [2.45, 2.75) is 32.7 Å². The van der Waals surface area contributed by atoms with E-state index in [4.69, 9.17) is 5.73 Å². The lowest BCUT2D eigenvalue weighted by Gasteiger charge is -2.26. The van der Waals surface area contributed by atoms with E-state index < -0.39 is 0 Å². The van der Waals surface area contributed by atoms with Crippen LogP contribution in [0.2, 0.25) is 0 Å². The van der Waals surface area contributed by atoms with Gasteiger partial charge in [-0.15, -0.1) is 0 Å². The Morgan fingerprint density at radius 3 is 2.53 bits per heavy atom. The second-order valence-electron chi connectivity index (χ2n) is 5.37. The molecular formula is C15H24N2. The van der Waals surface area contributed by atoms with E-state index >= 15 is 0 Å². The van der Waals surface area contributed by atoms with Gasteiger partial charge in [0.05, 0.1) is 0 Å². The Kier molecular flexibility index (Phi) is 4.19. The molecule has 1 aliphatic heterocycles. The summed E-state index contributed by atoms with van der Waals surface area (Å²) in [5, 5.41) is 0. The van der Waals surface area contributed by atoms with E-state index in [1.54, 1.807) is 0 Å². The lowest BCUT2D eigenvalue weighted by molar-refractivity contribution is 0.265. The molecule has 0 saturated carbocycles. The van der Waals surface area contributed by atoms with Gasteiger partial charge in [-0.3, -0.25) is 0 Å². The van der Waals surface area contributed by atoms with Crippen LogP contribution >= 0.6 is 0 Å². The third-order valence-corrected chi connectivity index (χ3v) is 3.91. The molecule has 1 aromatic rings. The first-order chi connectivity index (χ1) is 8.18. The minimum Gasteiger partial charge on any atom is -0.324 e. The van der Waals surface area contributed by atoms with Gasteiger partial charge in [0.15, 0.2) is 0 Å². The van der Waals surface area contributed by atoms with Gasteiger partial charge >= 0.3 is 0 Å². The van der Waals surface area contributed by atoms with Crippen LogP contribution in [0.3, 0.4) is 0 Å². The number of nitrogens with two attached hydrogens (primary N) is 1. The molecule has 0 aliphatic carbocycles. The normalized spacial score (nSPS) is 20.4. The summed E-state index contributed by atoms with van der Waals surface area (Å²) in [6, 6.07) is 8.65. The Morgan fingerprint density at radius 1 is 1.24 bits per heavy atom. The molecule has 0 bridgehead atoms. The summed E-state index contributed by atoms with van der Waals surface area (Å²) < 4.78 is 0. The highest BCUT2D eigenvalue weighted by Crippen LogP contribution is 2.24. The molecule has 0 aromatic heterocycles. The summed E-state index contributed by atoms with van der Waals surface area (Å²) in [4.78, 5) is 2.54. The monoisotopic (exact) mass is 232 g/mol. The summed E-state index contributed by atoms with van der Waals surface area (Å²) in [5.41, 5.74) is 9.01. The molecule has 1 aromatic carbocycles. The van der Waals surface area contributed by atoms with Crippen molar-refractivity contribution in [3.8, 4) is 0 Å². The molecule has 0 unspecified atom stereocenters. The molecule has 0 radical (unpaired) electrons.